The van der Waals surface area contributed by atoms with Crippen molar-refractivity contribution >= 4 is 54.5 Å². The number of halogens is 3. The molecule has 0 aromatic heterocycles. The van der Waals surface area contributed by atoms with Gasteiger partial charge in [-0.05, 0) is 77.4 Å². The van der Waals surface area contributed by atoms with Crippen LogP contribution in [0, 0.1) is 3.57 Å². The second kappa shape index (κ2) is 8.81. The molecule has 4 heteroatoms. The van der Waals surface area contributed by atoms with E-state index in [1.54, 1.807) is 0 Å². The zero-order valence-corrected chi connectivity index (χ0v) is 17.6. The van der Waals surface area contributed by atoms with Crippen LogP contribution in [0.4, 0.5) is 0 Å². The van der Waals surface area contributed by atoms with Crippen molar-refractivity contribution in [3.8, 4) is 0 Å². The third-order valence-electron chi connectivity index (χ3n) is 3.87. The average Bonchev–Trinajstić information content (AvgIpc) is 2.52. The summed E-state index contributed by atoms with van der Waals surface area (Å²) in [7, 11) is 0. The van der Waals surface area contributed by atoms with E-state index in [-0.39, 0.29) is 0 Å². The van der Waals surface area contributed by atoms with Gasteiger partial charge in [0.15, 0.2) is 0 Å². The van der Waals surface area contributed by atoms with E-state index in [0.29, 0.717) is 0 Å². The fraction of sp³-hybridized carbons (Fsp3) is 0.333. The highest BCUT2D eigenvalue weighted by molar-refractivity contribution is 14.1. The molecule has 0 radical (unpaired) electrons. The molecule has 118 valence electrons. The molecule has 3 rings (SSSR count). The van der Waals surface area contributed by atoms with Crippen LogP contribution in [0.2, 0.25) is 0 Å². The van der Waals surface area contributed by atoms with Gasteiger partial charge in [0.2, 0.25) is 0 Å². The van der Waals surface area contributed by atoms with Crippen LogP contribution in [0.3, 0.4) is 0 Å². The van der Waals surface area contributed by atoms with Crippen LogP contribution in [0.25, 0.3) is 0 Å². The predicted octanol–water partition coefficient (Wildman–Crippen LogP) is 6.65. The summed E-state index contributed by atoms with van der Waals surface area (Å²) in [6, 6.07) is 16.2. The smallest absolute Gasteiger partial charge is 0.0896 e. The number of hydrogen-bond donors (Lipinski definition) is 1. The van der Waals surface area contributed by atoms with E-state index in [4.69, 9.17) is 0 Å². The van der Waals surface area contributed by atoms with Gasteiger partial charge in [-0.2, -0.15) is 0 Å². The van der Waals surface area contributed by atoms with Crippen LogP contribution in [-0.2, 0) is 5.60 Å². The highest BCUT2D eigenvalue weighted by atomic mass is 127. The van der Waals surface area contributed by atoms with Crippen LogP contribution in [0.1, 0.15) is 37.7 Å². The van der Waals surface area contributed by atoms with Crippen molar-refractivity contribution in [2.75, 3.05) is 0 Å². The van der Waals surface area contributed by atoms with Crippen molar-refractivity contribution in [3.63, 3.8) is 0 Å². The lowest BCUT2D eigenvalue weighted by Gasteiger charge is -2.32. The van der Waals surface area contributed by atoms with Crippen LogP contribution >= 0.6 is 54.5 Å². The maximum atomic E-state index is 10.4. The van der Waals surface area contributed by atoms with Gasteiger partial charge in [0.1, 0.15) is 0 Å². The van der Waals surface area contributed by atoms with Crippen molar-refractivity contribution in [2.24, 2.45) is 0 Å². The van der Waals surface area contributed by atoms with E-state index < -0.39 is 5.60 Å². The van der Waals surface area contributed by atoms with Gasteiger partial charge in [0.05, 0.1) is 5.60 Å². The minimum absolute atomic E-state index is 0.557. The molecule has 1 aliphatic rings. The molecule has 0 spiro atoms. The summed E-state index contributed by atoms with van der Waals surface area (Å²) in [5.74, 6) is 0. The Kier molecular flexibility index (Phi) is 7.38. The van der Waals surface area contributed by atoms with Crippen LogP contribution in [-0.4, -0.2) is 5.11 Å². The Labute approximate surface area is 162 Å². The van der Waals surface area contributed by atoms with Crippen molar-refractivity contribution in [2.45, 2.75) is 37.7 Å². The Morgan fingerprint density at radius 3 is 1.68 bits per heavy atom. The third-order valence-corrected chi connectivity index (χ3v) is 5.64. The monoisotopic (exact) mass is 536 g/mol. The molecule has 0 amide bonds. The Morgan fingerprint density at radius 2 is 1.23 bits per heavy atom. The zero-order chi connectivity index (χ0) is 16.0. The van der Waals surface area contributed by atoms with E-state index >= 15 is 0 Å². The molecule has 2 aromatic carbocycles. The van der Waals surface area contributed by atoms with Crippen molar-refractivity contribution in [1.29, 1.82) is 0 Å². The van der Waals surface area contributed by atoms with Crippen molar-refractivity contribution in [3.05, 3.63) is 66.6 Å². The molecule has 0 bridgehead atoms. The molecule has 1 fully saturated rings. The molecule has 2 aromatic rings. The number of rotatable bonds is 1. The number of aliphatic hydroxyl groups is 1. The van der Waals surface area contributed by atoms with Crippen LogP contribution in [0.5, 0.6) is 0 Å². The van der Waals surface area contributed by atoms with E-state index in [0.717, 1.165) is 40.2 Å². The molecule has 0 atom stereocenters. The van der Waals surface area contributed by atoms with Gasteiger partial charge >= 0.3 is 0 Å². The first-order chi connectivity index (χ1) is 10.5. The number of benzene rings is 2. The van der Waals surface area contributed by atoms with E-state index in [2.05, 4.69) is 66.6 Å². The first-order valence-electron chi connectivity index (χ1n) is 7.39. The summed E-state index contributed by atoms with van der Waals surface area (Å²) in [5, 5.41) is 10.4. The Bertz CT molecular complexity index is 554. The molecule has 1 N–H and O–H groups in total. The molecule has 0 unspecified atom stereocenters. The summed E-state index contributed by atoms with van der Waals surface area (Å²) in [6.45, 7) is 0. The first kappa shape index (κ1) is 18.4. The lowest BCUT2D eigenvalue weighted by Crippen LogP contribution is -2.28. The Balaban J connectivity index is 0.000000188. The fourth-order valence-corrected chi connectivity index (χ4v) is 3.50. The van der Waals surface area contributed by atoms with Gasteiger partial charge in [-0.15, -0.1) is 0 Å². The lowest BCUT2D eigenvalue weighted by atomic mass is 9.80. The van der Waals surface area contributed by atoms with E-state index in [1.807, 2.05) is 36.4 Å². The van der Waals surface area contributed by atoms with Crippen LogP contribution < -0.4 is 0 Å². The minimum Gasteiger partial charge on any atom is -0.385 e. The highest BCUT2D eigenvalue weighted by Crippen LogP contribution is 2.37. The molecule has 0 saturated heterocycles. The molecule has 0 aliphatic heterocycles. The third kappa shape index (κ3) is 5.62. The van der Waals surface area contributed by atoms with Gasteiger partial charge in [0, 0.05) is 12.5 Å². The van der Waals surface area contributed by atoms with E-state index in [1.165, 1.54) is 9.99 Å². The molecule has 1 nitrogen and oxygen atoms in total. The SMILES string of the molecule is Brc1ccc(I)cc1.OC1(c2ccc(Br)cc2)CCCCC1. The standard InChI is InChI=1S/C12H15BrO.C6H4BrI/c13-11-6-4-10(5-7-11)12(14)8-2-1-3-9-12;7-5-1-3-6(8)4-2-5/h4-7,14H,1-3,8-9H2;1-4H. The van der Waals surface area contributed by atoms with Gasteiger partial charge < -0.3 is 5.11 Å². The van der Waals surface area contributed by atoms with Gasteiger partial charge in [-0.1, -0.05) is 63.3 Å². The summed E-state index contributed by atoms with van der Waals surface area (Å²) < 4.78 is 3.48. The molecule has 0 heterocycles. The summed E-state index contributed by atoms with van der Waals surface area (Å²) >= 11 is 9.02. The fourth-order valence-electron chi connectivity index (χ4n) is 2.62. The zero-order valence-electron chi connectivity index (χ0n) is 12.2. The summed E-state index contributed by atoms with van der Waals surface area (Å²) in [6.07, 6.45) is 5.38. The van der Waals surface area contributed by atoms with Gasteiger partial charge in [-0.3, -0.25) is 0 Å². The molecular weight excluding hydrogens is 519 g/mol. The summed E-state index contributed by atoms with van der Waals surface area (Å²) in [4.78, 5) is 0. The van der Waals surface area contributed by atoms with Crippen molar-refractivity contribution < 1.29 is 5.11 Å². The molecule has 1 aliphatic carbocycles. The van der Waals surface area contributed by atoms with E-state index in [9.17, 15) is 5.11 Å². The topological polar surface area (TPSA) is 20.2 Å². The van der Waals surface area contributed by atoms with Crippen molar-refractivity contribution in [1.82, 2.24) is 0 Å². The minimum atomic E-state index is -0.557. The second-order valence-corrected chi connectivity index (χ2v) is 8.61. The Hall–Kier alpha value is 0.0900. The molecule has 1 saturated carbocycles. The first-order valence-corrected chi connectivity index (χ1v) is 10.1. The lowest BCUT2D eigenvalue weighted by molar-refractivity contribution is -0.000634. The van der Waals surface area contributed by atoms with Gasteiger partial charge in [0.25, 0.3) is 0 Å². The maximum absolute atomic E-state index is 10.4. The highest BCUT2D eigenvalue weighted by Gasteiger charge is 2.30. The van der Waals surface area contributed by atoms with Crippen LogP contribution in [0.15, 0.2) is 57.5 Å². The predicted molar refractivity (Wildman–Crippen MR) is 108 cm³/mol. The number of hydrogen-bond acceptors (Lipinski definition) is 1. The van der Waals surface area contributed by atoms with Gasteiger partial charge in [-0.25, -0.2) is 0 Å². The average molecular weight is 538 g/mol. The summed E-state index contributed by atoms with van der Waals surface area (Å²) in [5.41, 5.74) is 0.513. The second-order valence-electron chi connectivity index (χ2n) is 5.54. The molecule has 22 heavy (non-hydrogen) atoms. The largest absolute Gasteiger partial charge is 0.385 e. The quantitative estimate of drug-likeness (QED) is 0.404. The molecular formula is C18H19Br2IO. The normalized spacial score (nSPS) is 16.5. The maximum Gasteiger partial charge on any atom is 0.0896 e. The Morgan fingerprint density at radius 1 is 0.773 bits per heavy atom.